The molecule has 0 spiro atoms. The molecule has 0 heterocycles. The third kappa shape index (κ3) is 3.97. The van der Waals surface area contributed by atoms with Gasteiger partial charge in [-0.3, -0.25) is 0 Å². The molecule has 1 atom stereocenters. The molecule has 2 nitrogen and oxygen atoms in total. The minimum Gasteiger partial charge on any atom is -0.378 e. The molecule has 0 saturated heterocycles. The summed E-state index contributed by atoms with van der Waals surface area (Å²) in [6.07, 6.45) is 6.80. The Kier molecular flexibility index (Phi) is 5.26. The molecule has 0 aromatic heterocycles. The maximum Gasteiger partial charge on any atom is 0.0364 e. The van der Waals surface area contributed by atoms with Crippen LogP contribution < -0.4 is 10.2 Å². The van der Waals surface area contributed by atoms with Gasteiger partial charge in [0.15, 0.2) is 0 Å². The molecule has 1 N–H and O–H groups in total. The van der Waals surface area contributed by atoms with Crippen LogP contribution in [0.25, 0.3) is 0 Å². The first kappa shape index (κ1) is 14.4. The van der Waals surface area contributed by atoms with E-state index in [2.05, 4.69) is 55.5 Å². The van der Waals surface area contributed by atoms with Gasteiger partial charge < -0.3 is 10.2 Å². The summed E-state index contributed by atoms with van der Waals surface area (Å²) in [5.41, 5.74) is 2.75. The van der Waals surface area contributed by atoms with E-state index >= 15 is 0 Å². The summed E-state index contributed by atoms with van der Waals surface area (Å²) in [5, 5.41) is 3.73. The SMILES string of the molecule is CCCNC(CC1CCC1)c1cccc(N(C)C)c1. The largest absolute Gasteiger partial charge is 0.378 e. The van der Waals surface area contributed by atoms with E-state index in [0.29, 0.717) is 6.04 Å². The molecule has 0 radical (unpaired) electrons. The average Bonchev–Trinajstić information content (AvgIpc) is 2.37. The summed E-state index contributed by atoms with van der Waals surface area (Å²) in [6, 6.07) is 9.52. The number of nitrogens with one attached hydrogen (secondary N) is 1. The second-order valence-corrected chi connectivity index (χ2v) is 6.03. The Labute approximate surface area is 118 Å². The smallest absolute Gasteiger partial charge is 0.0364 e. The lowest BCUT2D eigenvalue weighted by molar-refractivity contribution is 0.261. The highest BCUT2D eigenvalue weighted by molar-refractivity contribution is 5.47. The molecule has 19 heavy (non-hydrogen) atoms. The second kappa shape index (κ2) is 6.95. The number of anilines is 1. The normalized spacial score (nSPS) is 17.0. The lowest BCUT2D eigenvalue weighted by Gasteiger charge is -2.31. The number of benzene rings is 1. The van der Waals surface area contributed by atoms with Crippen molar-refractivity contribution in [3.8, 4) is 0 Å². The summed E-state index contributed by atoms with van der Waals surface area (Å²) in [6.45, 7) is 3.35. The monoisotopic (exact) mass is 260 g/mol. The first-order valence-electron chi connectivity index (χ1n) is 7.71. The van der Waals surface area contributed by atoms with Crippen LogP contribution in [0.1, 0.15) is 50.6 Å². The first-order valence-corrected chi connectivity index (χ1v) is 7.71. The Morgan fingerprint density at radius 3 is 2.68 bits per heavy atom. The zero-order valence-electron chi connectivity index (χ0n) is 12.7. The van der Waals surface area contributed by atoms with Crippen LogP contribution in [0, 0.1) is 5.92 Å². The predicted octanol–water partition coefficient (Wildman–Crippen LogP) is 3.98. The fourth-order valence-electron chi connectivity index (χ4n) is 2.74. The van der Waals surface area contributed by atoms with Crippen LogP contribution in [0.2, 0.25) is 0 Å². The van der Waals surface area contributed by atoms with Crippen molar-refractivity contribution in [1.82, 2.24) is 5.32 Å². The zero-order chi connectivity index (χ0) is 13.7. The lowest BCUT2D eigenvalue weighted by Crippen LogP contribution is -2.26. The van der Waals surface area contributed by atoms with Crippen molar-refractivity contribution in [2.75, 3.05) is 25.5 Å². The molecule has 1 aliphatic rings. The number of nitrogens with zero attached hydrogens (tertiary/aromatic N) is 1. The highest BCUT2D eigenvalue weighted by atomic mass is 15.1. The van der Waals surface area contributed by atoms with Crippen LogP contribution in [0.15, 0.2) is 24.3 Å². The van der Waals surface area contributed by atoms with Gasteiger partial charge in [0, 0.05) is 25.8 Å². The zero-order valence-corrected chi connectivity index (χ0v) is 12.7. The van der Waals surface area contributed by atoms with Gasteiger partial charge in [0.25, 0.3) is 0 Å². The van der Waals surface area contributed by atoms with E-state index < -0.39 is 0 Å². The molecule has 0 amide bonds. The molecule has 1 fully saturated rings. The quantitative estimate of drug-likeness (QED) is 0.797. The minimum atomic E-state index is 0.533. The molecule has 2 heteroatoms. The van der Waals surface area contributed by atoms with Gasteiger partial charge in [0.1, 0.15) is 0 Å². The fourth-order valence-corrected chi connectivity index (χ4v) is 2.74. The molecule has 1 aromatic rings. The van der Waals surface area contributed by atoms with Crippen molar-refractivity contribution in [2.45, 2.75) is 45.1 Å². The molecule has 2 rings (SSSR count). The van der Waals surface area contributed by atoms with Crippen molar-refractivity contribution in [3.63, 3.8) is 0 Å². The Balaban J connectivity index is 2.08. The van der Waals surface area contributed by atoms with Gasteiger partial charge in [-0.1, -0.05) is 38.3 Å². The van der Waals surface area contributed by atoms with Gasteiger partial charge in [-0.05, 0) is 43.0 Å². The van der Waals surface area contributed by atoms with Crippen molar-refractivity contribution in [3.05, 3.63) is 29.8 Å². The predicted molar refractivity (Wildman–Crippen MR) is 83.8 cm³/mol. The molecule has 106 valence electrons. The van der Waals surface area contributed by atoms with Gasteiger partial charge in [0.05, 0.1) is 0 Å². The van der Waals surface area contributed by atoms with E-state index in [1.165, 1.54) is 43.4 Å². The Hall–Kier alpha value is -1.02. The third-order valence-electron chi connectivity index (χ3n) is 4.22. The van der Waals surface area contributed by atoms with Crippen molar-refractivity contribution in [1.29, 1.82) is 0 Å². The maximum atomic E-state index is 3.73. The van der Waals surface area contributed by atoms with Crippen LogP contribution in [0.3, 0.4) is 0 Å². The molecule has 1 aromatic carbocycles. The average molecular weight is 260 g/mol. The van der Waals surface area contributed by atoms with Crippen molar-refractivity contribution >= 4 is 5.69 Å². The van der Waals surface area contributed by atoms with E-state index in [1.807, 2.05) is 0 Å². The third-order valence-corrected chi connectivity index (χ3v) is 4.22. The molecule has 0 bridgehead atoms. The van der Waals surface area contributed by atoms with Crippen LogP contribution in [-0.2, 0) is 0 Å². The summed E-state index contributed by atoms with van der Waals surface area (Å²) in [5.74, 6) is 0.942. The fraction of sp³-hybridized carbons (Fsp3) is 0.647. The highest BCUT2D eigenvalue weighted by Crippen LogP contribution is 2.35. The number of rotatable bonds is 7. The topological polar surface area (TPSA) is 15.3 Å². The van der Waals surface area contributed by atoms with E-state index in [-0.39, 0.29) is 0 Å². The molecular formula is C17H28N2. The van der Waals surface area contributed by atoms with Crippen LogP contribution in [0.4, 0.5) is 5.69 Å². The van der Waals surface area contributed by atoms with E-state index in [1.54, 1.807) is 0 Å². The Morgan fingerprint density at radius 1 is 1.32 bits per heavy atom. The van der Waals surface area contributed by atoms with Gasteiger partial charge in [-0.25, -0.2) is 0 Å². The molecule has 1 aliphatic carbocycles. The van der Waals surface area contributed by atoms with Crippen molar-refractivity contribution < 1.29 is 0 Å². The van der Waals surface area contributed by atoms with Gasteiger partial charge in [-0.2, -0.15) is 0 Å². The van der Waals surface area contributed by atoms with Gasteiger partial charge >= 0.3 is 0 Å². The standard InChI is InChI=1S/C17H28N2/c1-4-11-18-17(12-14-7-5-8-14)15-9-6-10-16(13-15)19(2)3/h6,9-10,13-14,17-18H,4-5,7-8,11-12H2,1-3H3. The summed E-state index contributed by atoms with van der Waals surface area (Å²) >= 11 is 0. The Bertz CT molecular complexity index is 383. The minimum absolute atomic E-state index is 0.533. The Morgan fingerprint density at radius 2 is 2.11 bits per heavy atom. The van der Waals surface area contributed by atoms with E-state index in [0.717, 1.165) is 12.5 Å². The molecule has 1 saturated carbocycles. The lowest BCUT2D eigenvalue weighted by atomic mass is 9.79. The number of hydrogen-bond donors (Lipinski definition) is 1. The van der Waals surface area contributed by atoms with Crippen LogP contribution >= 0.6 is 0 Å². The van der Waals surface area contributed by atoms with E-state index in [4.69, 9.17) is 0 Å². The van der Waals surface area contributed by atoms with Crippen LogP contribution in [-0.4, -0.2) is 20.6 Å². The van der Waals surface area contributed by atoms with Crippen molar-refractivity contribution in [2.24, 2.45) is 5.92 Å². The summed E-state index contributed by atoms with van der Waals surface area (Å²) in [4.78, 5) is 2.18. The van der Waals surface area contributed by atoms with E-state index in [9.17, 15) is 0 Å². The van der Waals surface area contributed by atoms with Gasteiger partial charge in [0.2, 0.25) is 0 Å². The highest BCUT2D eigenvalue weighted by Gasteiger charge is 2.22. The summed E-state index contributed by atoms with van der Waals surface area (Å²) in [7, 11) is 4.22. The van der Waals surface area contributed by atoms with Gasteiger partial charge in [-0.15, -0.1) is 0 Å². The molecular weight excluding hydrogens is 232 g/mol. The first-order chi connectivity index (χ1) is 9.20. The molecule has 0 aliphatic heterocycles. The second-order valence-electron chi connectivity index (χ2n) is 6.03. The maximum absolute atomic E-state index is 3.73. The number of hydrogen-bond acceptors (Lipinski definition) is 2. The molecule has 1 unspecified atom stereocenters. The van der Waals surface area contributed by atoms with Crippen LogP contribution in [0.5, 0.6) is 0 Å². The summed E-state index contributed by atoms with van der Waals surface area (Å²) < 4.78 is 0.